The maximum atomic E-state index is 6.04. The highest BCUT2D eigenvalue weighted by Gasteiger charge is 2.06. The lowest BCUT2D eigenvalue weighted by Crippen LogP contribution is -2.22. The van der Waals surface area contributed by atoms with Crippen LogP contribution in [0.4, 0.5) is 0 Å². The van der Waals surface area contributed by atoms with Gasteiger partial charge < -0.3 is 4.74 Å². The quantitative estimate of drug-likeness (QED) is 0.393. The molecule has 0 bridgehead atoms. The van der Waals surface area contributed by atoms with Crippen LogP contribution in [0.15, 0.2) is 64.7 Å². The number of likely N-dealkylation sites (N-methyl/N-ethyl adjacent to an activating group) is 1. The maximum absolute atomic E-state index is 6.04. The molecule has 0 saturated heterocycles. The number of allylic oxidation sites excluding steroid dienone is 1. The predicted molar refractivity (Wildman–Crippen MR) is 114 cm³/mol. The van der Waals surface area contributed by atoms with Crippen LogP contribution in [0.3, 0.4) is 0 Å². The summed E-state index contributed by atoms with van der Waals surface area (Å²) in [5.74, 6) is 0.940. The Morgan fingerprint density at radius 1 is 1.12 bits per heavy atom. The molecule has 0 radical (unpaired) electrons. The lowest BCUT2D eigenvalue weighted by molar-refractivity contribution is 0.301. The molecule has 2 aromatic heterocycles. The van der Waals surface area contributed by atoms with Gasteiger partial charge in [0.15, 0.2) is 0 Å². The Bertz CT molecular complexity index is 820. The molecule has 1 aromatic carbocycles. The van der Waals surface area contributed by atoms with Gasteiger partial charge in [-0.15, -0.1) is 11.3 Å². The van der Waals surface area contributed by atoms with Gasteiger partial charge in [0.25, 0.3) is 0 Å². The van der Waals surface area contributed by atoms with E-state index in [2.05, 4.69) is 77.4 Å². The molecule has 0 aliphatic carbocycles. The fraction of sp³-hybridized carbons (Fsp3) is 0.273. The monoisotopic (exact) mass is 383 g/mol. The van der Waals surface area contributed by atoms with Crippen LogP contribution in [0.1, 0.15) is 24.3 Å². The number of rotatable bonds is 9. The van der Waals surface area contributed by atoms with E-state index in [0.29, 0.717) is 6.61 Å². The van der Waals surface area contributed by atoms with Gasteiger partial charge in [0.2, 0.25) is 0 Å². The van der Waals surface area contributed by atoms with E-state index < -0.39 is 0 Å². The van der Waals surface area contributed by atoms with Crippen LogP contribution in [-0.4, -0.2) is 18.0 Å². The molecule has 2 nitrogen and oxygen atoms in total. The highest BCUT2D eigenvalue weighted by molar-refractivity contribution is 7.10. The minimum absolute atomic E-state index is 0.619. The summed E-state index contributed by atoms with van der Waals surface area (Å²) >= 11 is 3.49. The smallest absolute Gasteiger partial charge is 0.122 e. The fourth-order valence-electron chi connectivity index (χ4n) is 2.74. The van der Waals surface area contributed by atoms with Crippen LogP contribution in [0.2, 0.25) is 0 Å². The van der Waals surface area contributed by atoms with Gasteiger partial charge in [-0.1, -0.05) is 31.2 Å². The van der Waals surface area contributed by atoms with E-state index in [-0.39, 0.29) is 0 Å². The van der Waals surface area contributed by atoms with Crippen molar-refractivity contribution >= 4 is 22.7 Å². The molecule has 0 aliphatic heterocycles. The molecular formula is C22H25NOS2. The molecule has 0 spiro atoms. The lowest BCUT2D eigenvalue weighted by atomic mass is 10.2. The third kappa shape index (κ3) is 5.31. The van der Waals surface area contributed by atoms with Crippen molar-refractivity contribution in [3.8, 4) is 16.9 Å². The second-order valence-corrected chi connectivity index (χ2v) is 7.92. The average Bonchev–Trinajstić information content (AvgIpc) is 3.35. The third-order valence-electron chi connectivity index (χ3n) is 4.24. The van der Waals surface area contributed by atoms with Crippen molar-refractivity contribution in [2.24, 2.45) is 0 Å². The number of hydrogen-bond acceptors (Lipinski definition) is 4. The van der Waals surface area contributed by atoms with E-state index >= 15 is 0 Å². The number of hydrogen-bond donors (Lipinski definition) is 0. The summed E-state index contributed by atoms with van der Waals surface area (Å²) in [5.41, 5.74) is 3.87. The van der Waals surface area contributed by atoms with Crippen LogP contribution in [0.25, 0.3) is 11.1 Å². The third-order valence-corrected chi connectivity index (χ3v) is 5.83. The van der Waals surface area contributed by atoms with E-state index in [1.165, 1.54) is 21.6 Å². The van der Waals surface area contributed by atoms with Crippen molar-refractivity contribution in [2.75, 3.05) is 13.1 Å². The van der Waals surface area contributed by atoms with Gasteiger partial charge in [0, 0.05) is 18.0 Å². The Morgan fingerprint density at radius 3 is 2.81 bits per heavy atom. The standard InChI is InChI=1S/C22H25NOS2/c1-3-5-10-23(4-2)14-18-7-6-8-21(12-18)24-15-22-13-20(17-26-22)19-9-11-25-16-19/h3,5-9,11-13,16-17H,4,10,14-15H2,1-2H3/b5-3+. The van der Waals surface area contributed by atoms with E-state index in [0.717, 1.165) is 25.4 Å². The SMILES string of the molecule is C/C=C/CN(CC)Cc1cccc(OCc2cc(-c3ccsc3)cs2)c1. The molecule has 2 heterocycles. The molecule has 0 unspecified atom stereocenters. The molecule has 26 heavy (non-hydrogen) atoms. The Morgan fingerprint density at radius 2 is 2.04 bits per heavy atom. The van der Waals surface area contributed by atoms with Crippen LogP contribution in [0, 0.1) is 0 Å². The van der Waals surface area contributed by atoms with Gasteiger partial charge in [-0.05, 0) is 70.6 Å². The molecule has 0 amide bonds. The van der Waals surface area contributed by atoms with Crippen molar-refractivity contribution in [1.82, 2.24) is 4.90 Å². The molecule has 3 rings (SSSR count). The van der Waals surface area contributed by atoms with E-state index in [1.807, 2.05) is 6.07 Å². The Balaban J connectivity index is 1.58. The van der Waals surface area contributed by atoms with E-state index in [1.54, 1.807) is 22.7 Å². The topological polar surface area (TPSA) is 12.5 Å². The average molecular weight is 384 g/mol. The van der Waals surface area contributed by atoms with Crippen molar-refractivity contribution < 1.29 is 4.74 Å². The molecule has 0 atom stereocenters. The van der Waals surface area contributed by atoms with Crippen LogP contribution >= 0.6 is 22.7 Å². The zero-order valence-electron chi connectivity index (χ0n) is 15.4. The Hall–Kier alpha value is -1.88. The van der Waals surface area contributed by atoms with E-state index in [9.17, 15) is 0 Å². The van der Waals surface area contributed by atoms with Crippen molar-refractivity contribution in [2.45, 2.75) is 27.0 Å². The number of nitrogens with zero attached hydrogens (tertiary/aromatic N) is 1. The van der Waals surface area contributed by atoms with Crippen LogP contribution < -0.4 is 4.74 Å². The molecule has 0 N–H and O–H groups in total. The summed E-state index contributed by atoms with van der Waals surface area (Å²) in [5, 5.41) is 6.51. The maximum Gasteiger partial charge on any atom is 0.122 e. The fourth-order valence-corrected chi connectivity index (χ4v) is 4.21. The molecule has 136 valence electrons. The first-order valence-corrected chi connectivity index (χ1v) is 10.8. The Kier molecular flexibility index (Phi) is 7.06. The number of ether oxygens (including phenoxy) is 1. The Labute approximate surface area is 164 Å². The highest BCUT2D eigenvalue weighted by atomic mass is 32.1. The summed E-state index contributed by atoms with van der Waals surface area (Å²) in [6, 6.07) is 12.8. The van der Waals surface area contributed by atoms with Gasteiger partial charge in [0.05, 0.1) is 0 Å². The first kappa shape index (κ1) is 18.9. The molecule has 0 saturated carbocycles. The first-order chi connectivity index (χ1) is 12.8. The summed E-state index contributed by atoms with van der Waals surface area (Å²) in [6.07, 6.45) is 4.30. The summed E-state index contributed by atoms with van der Waals surface area (Å²) in [7, 11) is 0. The molecular weight excluding hydrogens is 358 g/mol. The molecule has 0 fully saturated rings. The lowest BCUT2D eigenvalue weighted by Gasteiger charge is -2.19. The summed E-state index contributed by atoms with van der Waals surface area (Å²) < 4.78 is 6.04. The van der Waals surface area contributed by atoms with Crippen molar-refractivity contribution in [1.29, 1.82) is 0 Å². The van der Waals surface area contributed by atoms with Gasteiger partial charge >= 0.3 is 0 Å². The highest BCUT2D eigenvalue weighted by Crippen LogP contribution is 2.28. The zero-order valence-corrected chi connectivity index (χ0v) is 17.0. The molecule has 4 heteroatoms. The number of thiophene rings is 2. The van der Waals surface area contributed by atoms with Crippen molar-refractivity contribution in [3.05, 3.63) is 75.1 Å². The van der Waals surface area contributed by atoms with Gasteiger partial charge in [0.1, 0.15) is 12.4 Å². The van der Waals surface area contributed by atoms with Gasteiger partial charge in [-0.3, -0.25) is 4.90 Å². The van der Waals surface area contributed by atoms with Crippen LogP contribution in [0.5, 0.6) is 5.75 Å². The normalized spacial score (nSPS) is 11.5. The minimum atomic E-state index is 0.619. The van der Waals surface area contributed by atoms with E-state index in [4.69, 9.17) is 4.74 Å². The zero-order chi connectivity index (χ0) is 18.2. The molecule has 3 aromatic rings. The number of benzene rings is 1. The summed E-state index contributed by atoms with van der Waals surface area (Å²) in [6.45, 7) is 7.85. The van der Waals surface area contributed by atoms with Crippen molar-refractivity contribution in [3.63, 3.8) is 0 Å². The summed E-state index contributed by atoms with van der Waals surface area (Å²) in [4.78, 5) is 3.66. The predicted octanol–water partition coefficient (Wildman–Crippen LogP) is 6.45. The second kappa shape index (κ2) is 9.72. The van der Waals surface area contributed by atoms with Gasteiger partial charge in [-0.25, -0.2) is 0 Å². The molecule has 0 aliphatic rings. The van der Waals surface area contributed by atoms with Crippen LogP contribution in [-0.2, 0) is 13.2 Å². The first-order valence-electron chi connectivity index (χ1n) is 8.93. The largest absolute Gasteiger partial charge is 0.488 e. The second-order valence-electron chi connectivity index (χ2n) is 6.15. The minimum Gasteiger partial charge on any atom is -0.488 e. The van der Waals surface area contributed by atoms with Gasteiger partial charge in [-0.2, -0.15) is 11.3 Å².